The number of hydrogen-bond donors (Lipinski definition) is 1. The van der Waals surface area contributed by atoms with Crippen molar-refractivity contribution in [3.63, 3.8) is 0 Å². The zero-order valence-electron chi connectivity index (χ0n) is 14.5. The van der Waals surface area contributed by atoms with E-state index in [9.17, 15) is 9.59 Å². The van der Waals surface area contributed by atoms with Gasteiger partial charge in [0.15, 0.2) is 0 Å². The fourth-order valence-electron chi connectivity index (χ4n) is 2.67. The van der Waals surface area contributed by atoms with Crippen LogP contribution in [0.5, 0.6) is 0 Å². The summed E-state index contributed by atoms with van der Waals surface area (Å²) >= 11 is 0. The number of rotatable bonds is 3. The van der Waals surface area contributed by atoms with Gasteiger partial charge in [0.2, 0.25) is 0 Å². The molecule has 132 valence electrons. The van der Waals surface area contributed by atoms with E-state index in [-0.39, 0.29) is 12.6 Å². The normalized spacial score (nSPS) is 21.2. The lowest BCUT2D eigenvalue weighted by atomic mass is 9.94. The third-order valence-corrected chi connectivity index (χ3v) is 3.84. The maximum atomic E-state index is 12.3. The molecule has 1 aliphatic rings. The van der Waals surface area contributed by atoms with Crippen LogP contribution >= 0.6 is 0 Å². The molecule has 1 amide bonds. The molecule has 0 spiro atoms. The number of carbonyl (C=O) groups excluding carboxylic acids is 2. The summed E-state index contributed by atoms with van der Waals surface area (Å²) in [5, 5.41) is 0. The number of hydrogen-bond acceptors (Lipinski definition) is 5. The number of benzene rings is 1. The molecule has 0 aliphatic carbocycles. The zero-order chi connectivity index (χ0) is 17.7. The Morgan fingerprint density at radius 3 is 2.54 bits per heavy atom. The number of ether oxygens (including phenoxy) is 2. The summed E-state index contributed by atoms with van der Waals surface area (Å²) in [5.74, 6) is -0.891. The number of nitrogens with two attached hydrogens (primary N) is 1. The maximum absolute atomic E-state index is 12.3. The Kier molecular flexibility index (Phi) is 5.83. The van der Waals surface area contributed by atoms with Crippen LogP contribution in [-0.2, 0) is 20.9 Å². The molecule has 6 heteroatoms. The van der Waals surface area contributed by atoms with Crippen LogP contribution in [-0.4, -0.2) is 35.3 Å². The van der Waals surface area contributed by atoms with Crippen LogP contribution in [0.15, 0.2) is 30.3 Å². The number of amides is 1. The lowest BCUT2D eigenvalue weighted by molar-refractivity contribution is -0.163. The minimum absolute atomic E-state index is 0.181. The average Bonchev–Trinajstić information content (AvgIpc) is 2.52. The average molecular weight is 334 g/mol. The van der Waals surface area contributed by atoms with Gasteiger partial charge in [-0.3, -0.25) is 9.69 Å². The summed E-state index contributed by atoms with van der Waals surface area (Å²) in [5.41, 5.74) is 6.46. The van der Waals surface area contributed by atoms with E-state index in [2.05, 4.69) is 0 Å². The van der Waals surface area contributed by atoms with Crippen molar-refractivity contribution in [3.05, 3.63) is 35.9 Å². The van der Waals surface area contributed by atoms with Gasteiger partial charge in [-0.15, -0.1) is 0 Å². The van der Waals surface area contributed by atoms with Crippen molar-refractivity contribution >= 4 is 12.1 Å². The molecule has 0 radical (unpaired) electrons. The van der Waals surface area contributed by atoms with Gasteiger partial charge in [-0.25, -0.2) is 4.79 Å². The van der Waals surface area contributed by atoms with Crippen LogP contribution in [0.2, 0.25) is 0 Å². The predicted molar refractivity (Wildman–Crippen MR) is 89.9 cm³/mol. The molecular weight excluding hydrogens is 308 g/mol. The fraction of sp³-hybridized carbons (Fsp3) is 0.556. The molecule has 0 saturated carbocycles. The number of likely N-dealkylation sites (tertiary alicyclic amines) is 1. The fourth-order valence-corrected chi connectivity index (χ4v) is 2.67. The lowest BCUT2D eigenvalue weighted by Crippen LogP contribution is -2.56. The quantitative estimate of drug-likeness (QED) is 0.859. The largest absolute Gasteiger partial charge is 0.460 e. The Morgan fingerprint density at radius 2 is 1.92 bits per heavy atom. The van der Waals surface area contributed by atoms with Gasteiger partial charge < -0.3 is 15.2 Å². The van der Waals surface area contributed by atoms with E-state index in [1.165, 1.54) is 4.90 Å². The van der Waals surface area contributed by atoms with E-state index in [0.29, 0.717) is 19.4 Å². The number of carbonyl (C=O) groups is 2. The second-order valence-electron chi connectivity index (χ2n) is 7.01. The molecule has 2 rings (SSSR count). The molecule has 1 aliphatic heterocycles. The highest BCUT2D eigenvalue weighted by molar-refractivity contribution is 5.76. The van der Waals surface area contributed by atoms with Crippen molar-refractivity contribution in [3.8, 4) is 0 Å². The number of nitrogens with zero attached hydrogens (tertiary/aromatic N) is 1. The molecule has 0 aromatic heterocycles. The molecule has 24 heavy (non-hydrogen) atoms. The lowest BCUT2D eigenvalue weighted by Gasteiger charge is -2.37. The topological polar surface area (TPSA) is 81.9 Å². The summed E-state index contributed by atoms with van der Waals surface area (Å²) in [7, 11) is 0. The molecule has 0 unspecified atom stereocenters. The van der Waals surface area contributed by atoms with Gasteiger partial charge in [0, 0.05) is 6.54 Å². The van der Waals surface area contributed by atoms with Crippen molar-refractivity contribution in [2.75, 3.05) is 6.54 Å². The highest BCUT2D eigenvalue weighted by Gasteiger charge is 2.38. The summed E-state index contributed by atoms with van der Waals surface area (Å²) in [4.78, 5) is 26.0. The van der Waals surface area contributed by atoms with Gasteiger partial charge in [-0.1, -0.05) is 30.3 Å². The Labute approximate surface area is 142 Å². The van der Waals surface area contributed by atoms with Gasteiger partial charge in [0.05, 0.1) is 12.1 Å². The first kappa shape index (κ1) is 18.3. The predicted octanol–water partition coefficient (Wildman–Crippen LogP) is 2.66. The first-order valence-electron chi connectivity index (χ1n) is 8.24. The van der Waals surface area contributed by atoms with E-state index >= 15 is 0 Å². The van der Waals surface area contributed by atoms with Gasteiger partial charge >= 0.3 is 12.1 Å². The molecule has 1 heterocycles. The number of piperidine rings is 1. The number of esters is 1. The van der Waals surface area contributed by atoms with E-state index in [1.54, 1.807) is 0 Å². The van der Waals surface area contributed by atoms with Crippen LogP contribution in [0, 0.1) is 5.92 Å². The smallest absolute Gasteiger partial charge is 0.411 e. The van der Waals surface area contributed by atoms with Crippen LogP contribution < -0.4 is 5.73 Å². The van der Waals surface area contributed by atoms with Gasteiger partial charge in [-0.05, 0) is 39.2 Å². The van der Waals surface area contributed by atoms with Gasteiger partial charge in [0.1, 0.15) is 12.2 Å². The highest BCUT2D eigenvalue weighted by Crippen LogP contribution is 2.24. The Balaban J connectivity index is 1.94. The monoisotopic (exact) mass is 334 g/mol. The molecule has 2 atom stereocenters. The zero-order valence-corrected chi connectivity index (χ0v) is 14.5. The van der Waals surface area contributed by atoms with Crippen LogP contribution in [0.3, 0.4) is 0 Å². The highest BCUT2D eigenvalue weighted by atomic mass is 16.6. The Hall–Kier alpha value is -2.08. The third-order valence-electron chi connectivity index (χ3n) is 3.84. The van der Waals surface area contributed by atoms with Crippen LogP contribution in [0.4, 0.5) is 4.79 Å². The molecule has 1 aromatic carbocycles. The molecule has 1 fully saturated rings. The molecule has 1 saturated heterocycles. The van der Waals surface area contributed by atoms with Crippen molar-refractivity contribution < 1.29 is 19.1 Å². The first-order chi connectivity index (χ1) is 11.3. The Morgan fingerprint density at radius 1 is 1.25 bits per heavy atom. The maximum Gasteiger partial charge on any atom is 0.411 e. The molecule has 2 N–H and O–H groups in total. The van der Waals surface area contributed by atoms with Gasteiger partial charge in [0.25, 0.3) is 0 Å². The summed E-state index contributed by atoms with van der Waals surface area (Å²) in [6.45, 7) is 6.09. The standard InChI is InChI=1S/C18H26N2O4/c1-18(2,3)24-16(21)14-10-7-11-20(15(14)19)17(22)23-12-13-8-5-4-6-9-13/h4-6,8-9,14-15H,7,10-12,19H2,1-3H3/t14-,15-/m0/s1. The minimum Gasteiger partial charge on any atom is -0.460 e. The summed E-state index contributed by atoms with van der Waals surface area (Å²) < 4.78 is 10.7. The van der Waals surface area contributed by atoms with Crippen molar-refractivity contribution in [1.82, 2.24) is 4.90 Å². The van der Waals surface area contributed by atoms with E-state index in [4.69, 9.17) is 15.2 Å². The van der Waals surface area contributed by atoms with E-state index in [0.717, 1.165) is 5.56 Å². The Bertz CT molecular complexity index is 568. The summed E-state index contributed by atoms with van der Waals surface area (Å²) in [6, 6.07) is 9.43. The SMILES string of the molecule is CC(C)(C)OC(=O)[C@H]1CCCN(C(=O)OCc2ccccc2)[C@@H]1N. The van der Waals surface area contributed by atoms with Crippen LogP contribution in [0.1, 0.15) is 39.2 Å². The molecule has 6 nitrogen and oxygen atoms in total. The van der Waals surface area contributed by atoms with Crippen molar-refractivity contribution in [2.24, 2.45) is 11.7 Å². The van der Waals surface area contributed by atoms with E-state index < -0.39 is 23.8 Å². The van der Waals surface area contributed by atoms with Crippen molar-refractivity contribution in [1.29, 1.82) is 0 Å². The molecular formula is C18H26N2O4. The second kappa shape index (κ2) is 7.66. The molecule has 0 bridgehead atoms. The van der Waals surface area contributed by atoms with Crippen molar-refractivity contribution in [2.45, 2.75) is 52.0 Å². The second-order valence-corrected chi connectivity index (χ2v) is 7.01. The summed E-state index contributed by atoms with van der Waals surface area (Å²) in [6.07, 6.45) is 0.0767. The third kappa shape index (κ3) is 4.96. The molecule has 1 aromatic rings. The minimum atomic E-state index is -0.725. The van der Waals surface area contributed by atoms with Crippen LogP contribution in [0.25, 0.3) is 0 Å². The van der Waals surface area contributed by atoms with Gasteiger partial charge in [-0.2, -0.15) is 0 Å². The first-order valence-corrected chi connectivity index (χ1v) is 8.24. The van der Waals surface area contributed by atoms with E-state index in [1.807, 2.05) is 51.1 Å².